The molecule has 0 aliphatic heterocycles. The summed E-state index contributed by atoms with van der Waals surface area (Å²) in [5, 5.41) is 10.9. The highest BCUT2D eigenvalue weighted by molar-refractivity contribution is 7.89. The first-order valence-corrected chi connectivity index (χ1v) is 9.61. The molecule has 0 bridgehead atoms. The molecule has 0 atom stereocenters. The minimum absolute atomic E-state index is 0.00548. The number of hydrogen-bond donors (Lipinski definition) is 1. The fraction of sp³-hybridized carbons (Fsp3) is 0.400. The lowest BCUT2D eigenvalue weighted by Crippen LogP contribution is -2.25. The maximum atomic E-state index is 12.6. The SMILES string of the molecule is CCCn1cnnc1CNS(=O)(=O)c1cc(-c2cc(C(F)(F)F)on2)oc1C. The highest BCUT2D eigenvalue weighted by atomic mass is 32.2. The van der Waals surface area contributed by atoms with E-state index in [1.807, 2.05) is 6.92 Å². The highest BCUT2D eigenvalue weighted by Crippen LogP contribution is 2.34. The molecule has 152 valence electrons. The van der Waals surface area contributed by atoms with Crippen molar-refractivity contribution in [2.24, 2.45) is 0 Å². The van der Waals surface area contributed by atoms with E-state index in [1.165, 1.54) is 13.3 Å². The van der Waals surface area contributed by atoms with E-state index in [0.29, 0.717) is 18.4 Å². The van der Waals surface area contributed by atoms with Crippen molar-refractivity contribution < 1.29 is 30.5 Å². The van der Waals surface area contributed by atoms with Gasteiger partial charge in [0.2, 0.25) is 15.8 Å². The molecule has 13 heteroatoms. The van der Waals surface area contributed by atoms with E-state index in [4.69, 9.17) is 4.42 Å². The molecule has 0 saturated carbocycles. The predicted octanol–water partition coefficient (Wildman–Crippen LogP) is 2.74. The van der Waals surface area contributed by atoms with Gasteiger partial charge in [0.05, 0.1) is 6.54 Å². The molecule has 3 heterocycles. The van der Waals surface area contributed by atoms with Gasteiger partial charge in [-0.1, -0.05) is 12.1 Å². The third-order valence-electron chi connectivity index (χ3n) is 3.78. The summed E-state index contributed by atoms with van der Waals surface area (Å²) in [5.41, 5.74) is -0.264. The maximum Gasteiger partial charge on any atom is 0.452 e. The molecule has 0 fully saturated rings. The Bertz CT molecular complexity index is 1070. The summed E-state index contributed by atoms with van der Waals surface area (Å²) in [7, 11) is -4.01. The second-order valence-corrected chi connectivity index (χ2v) is 7.61. The highest BCUT2D eigenvalue weighted by Gasteiger charge is 2.36. The largest absolute Gasteiger partial charge is 0.458 e. The number of rotatable bonds is 7. The second-order valence-electron chi connectivity index (χ2n) is 5.87. The molecule has 3 aromatic rings. The topological polar surface area (TPSA) is 116 Å². The Kier molecular flexibility index (Phi) is 5.30. The van der Waals surface area contributed by atoms with Crippen molar-refractivity contribution >= 4 is 10.0 Å². The first-order chi connectivity index (χ1) is 13.1. The molecule has 0 aromatic carbocycles. The van der Waals surface area contributed by atoms with Crippen LogP contribution in [0.5, 0.6) is 0 Å². The molecule has 0 spiro atoms. The minimum Gasteiger partial charge on any atom is -0.458 e. The summed E-state index contributed by atoms with van der Waals surface area (Å²) in [4.78, 5) is -0.222. The Morgan fingerprint density at radius 3 is 2.68 bits per heavy atom. The Labute approximate surface area is 157 Å². The van der Waals surface area contributed by atoms with Crippen LogP contribution in [0.3, 0.4) is 0 Å². The van der Waals surface area contributed by atoms with Gasteiger partial charge in [-0.25, -0.2) is 13.1 Å². The van der Waals surface area contributed by atoms with E-state index < -0.39 is 22.0 Å². The quantitative estimate of drug-likeness (QED) is 0.626. The lowest BCUT2D eigenvalue weighted by molar-refractivity contribution is -0.155. The summed E-state index contributed by atoms with van der Waals surface area (Å²) in [6.45, 7) is 3.86. The Morgan fingerprint density at radius 1 is 1.29 bits per heavy atom. The Hall–Kier alpha value is -2.67. The zero-order valence-corrected chi connectivity index (χ0v) is 15.6. The van der Waals surface area contributed by atoms with Crippen LogP contribution in [0.1, 0.15) is 30.7 Å². The van der Waals surface area contributed by atoms with Crippen molar-refractivity contribution in [2.45, 2.75) is 44.4 Å². The van der Waals surface area contributed by atoms with Gasteiger partial charge in [0.15, 0.2) is 5.76 Å². The van der Waals surface area contributed by atoms with Crippen LogP contribution in [0.4, 0.5) is 13.2 Å². The minimum atomic E-state index is -4.71. The Balaban J connectivity index is 1.81. The van der Waals surface area contributed by atoms with Crippen LogP contribution in [0.2, 0.25) is 0 Å². The number of sulfonamides is 1. The number of halogens is 3. The van der Waals surface area contributed by atoms with Crippen molar-refractivity contribution in [3.63, 3.8) is 0 Å². The van der Waals surface area contributed by atoms with Gasteiger partial charge in [-0.15, -0.1) is 10.2 Å². The third kappa shape index (κ3) is 4.09. The predicted molar refractivity (Wildman–Crippen MR) is 88.3 cm³/mol. The molecule has 0 amide bonds. The first kappa shape index (κ1) is 20.1. The molecule has 0 saturated heterocycles. The number of nitrogens with zero attached hydrogens (tertiary/aromatic N) is 4. The summed E-state index contributed by atoms with van der Waals surface area (Å²) in [5.74, 6) is -1.05. The second kappa shape index (κ2) is 7.39. The number of nitrogens with one attached hydrogen (secondary N) is 1. The lowest BCUT2D eigenvalue weighted by atomic mass is 10.3. The van der Waals surface area contributed by atoms with Crippen LogP contribution in [-0.4, -0.2) is 28.3 Å². The van der Waals surface area contributed by atoms with Crippen LogP contribution in [0, 0.1) is 6.92 Å². The Morgan fingerprint density at radius 2 is 2.04 bits per heavy atom. The molecule has 0 radical (unpaired) electrons. The fourth-order valence-electron chi connectivity index (χ4n) is 2.46. The monoisotopic (exact) mass is 419 g/mol. The number of aryl methyl sites for hydroxylation is 2. The van der Waals surface area contributed by atoms with Crippen LogP contribution < -0.4 is 4.72 Å². The molecular weight excluding hydrogens is 403 g/mol. The normalized spacial score (nSPS) is 12.6. The standard InChI is InChI=1S/C15H16F3N5O4S/c1-3-4-23-8-19-21-14(23)7-20-28(24,25)12-6-11(26-9(12)2)10-5-13(27-22-10)15(16,17)18/h5-6,8,20H,3-4,7H2,1-2H3. The van der Waals surface area contributed by atoms with Crippen LogP contribution in [-0.2, 0) is 29.3 Å². The van der Waals surface area contributed by atoms with Gasteiger partial charge in [-0.3, -0.25) is 0 Å². The number of hydrogen-bond acceptors (Lipinski definition) is 7. The van der Waals surface area contributed by atoms with Crippen LogP contribution in [0.25, 0.3) is 11.5 Å². The molecule has 0 aliphatic carbocycles. The summed E-state index contributed by atoms with van der Waals surface area (Å²) < 4.78 is 76.6. The smallest absolute Gasteiger partial charge is 0.452 e. The number of alkyl halides is 3. The van der Waals surface area contributed by atoms with E-state index in [0.717, 1.165) is 12.5 Å². The molecule has 0 unspecified atom stereocenters. The van der Waals surface area contributed by atoms with Crippen molar-refractivity contribution in [1.82, 2.24) is 24.6 Å². The maximum absolute atomic E-state index is 12.6. The van der Waals surface area contributed by atoms with E-state index in [1.54, 1.807) is 4.57 Å². The van der Waals surface area contributed by atoms with E-state index in [2.05, 4.69) is 24.6 Å². The molecule has 9 nitrogen and oxygen atoms in total. The van der Waals surface area contributed by atoms with Gasteiger partial charge in [0, 0.05) is 18.7 Å². The number of aromatic nitrogens is 4. The van der Waals surface area contributed by atoms with Gasteiger partial charge in [-0.2, -0.15) is 13.2 Å². The van der Waals surface area contributed by atoms with Gasteiger partial charge in [0.1, 0.15) is 28.5 Å². The third-order valence-corrected chi connectivity index (χ3v) is 5.29. The average Bonchev–Trinajstić information content (AvgIpc) is 3.31. The fourth-order valence-corrected chi connectivity index (χ4v) is 3.62. The lowest BCUT2D eigenvalue weighted by Gasteiger charge is -2.07. The first-order valence-electron chi connectivity index (χ1n) is 8.13. The molecule has 0 aliphatic rings. The summed E-state index contributed by atoms with van der Waals surface area (Å²) in [6, 6.07) is 1.72. The van der Waals surface area contributed by atoms with Crippen molar-refractivity contribution in [3.05, 3.63) is 35.8 Å². The molecule has 3 rings (SSSR count). The van der Waals surface area contributed by atoms with E-state index in [9.17, 15) is 21.6 Å². The van der Waals surface area contributed by atoms with Crippen LogP contribution >= 0.6 is 0 Å². The molecule has 3 aromatic heterocycles. The van der Waals surface area contributed by atoms with Gasteiger partial charge >= 0.3 is 6.18 Å². The van der Waals surface area contributed by atoms with Gasteiger partial charge < -0.3 is 13.5 Å². The van der Waals surface area contributed by atoms with Crippen molar-refractivity contribution in [1.29, 1.82) is 0 Å². The van der Waals surface area contributed by atoms with Crippen LogP contribution in [0.15, 0.2) is 32.3 Å². The zero-order valence-electron chi connectivity index (χ0n) is 14.8. The molecular formula is C15H16F3N5O4S. The zero-order chi connectivity index (χ0) is 20.5. The van der Waals surface area contributed by atoms with Crippen molar-refractivity contribution in [2.75, 3.05) is 0 Å². The average molecular weight is 419 g/mol. The summed E-state index contributed by atoms with van der Waals surface area (Å²) in [6.07, 6.45) is -2.39. The van der Waals surface area contributed by atoms with E-state index >= 15 is 0 Å². The molecule has 1 N–H and O–H groups in total. The van der Waals surface area contributed by atoms with Gasteiger partial charge in [0.25, 0.3) is 0 Å². The van der Waals surface area contributed by atoms with Gasteiger partial charge in [-0.05, 0) is 13.3 Å². The van der Waals surface area contributed by atoms with E-state index in [-0.39, 0.29) is 28.7 Å². The molecule has 28 heavy (non-hydrogen) atoms. The van der Waals surface area contributed by atoms with Crippen molar-refractivity contribution in [3.8, 4) is 11.5 Å². The number of furan rings is 1. The summed E-state index contributed by atoms with van der Waals surface area (Å²) >= 11 is 0.